The molecule has 0 fully saturated rings. The number of amides is 1. The van der Waals surface area contributed by atoms with Crippen molar-refractivity contribution in [2.24, 2.45) is 0 Å². The molecule has 3 N–H and O–H groups in total. The molecule has 1 amide bonds. The van der Waals surface area contributed by atoms with Crippen LogP contribution >= 0.6 is 0 Å². The van der Waals surface area contributed by atoms with E-state index in [1.54, 1.807) is 35.9 Å². The van der Waals surface area contributed by atoms with Crippen LogP contribution in [0.1, 0.15) is 53.6 Å². The number of carbonyl (C=O) groups is 2. The third-order valence-electron chi connectivity index (χ3n) is 5.71. The number of allylic oxidation sites excluding steroid dienone is 1. The highest BCUT2D eigenvalue weighted by atomic mass is 16.5. The number of nitrogens with zero attached hydrogens (tertiary/aromatic N) is 3. The number of fused-ring (bicyclic) bond motifs is 1. The highest BCUT2D eigenvalue weighted by Crippen LogP contribution is 2.36. The molecule has 9 heteroatoms. The van der Waals surface area contributed by atoms with Gasteiger partial charge in [0.1, 0.15) is 6.04 Å². The molecule has 1 aliphatic rings. The number of hydrogen-bond acceptors (Lipinski definition) is 7. The van der Waals surface area contributed by atoms with Crippen LogP contribution in [0.5, 0.6) is 0 Å². The SMILES string of the molecule is CCOC(=O)c1ccc(NC(=O)C2=C(C)Nc3nc(CCCO)nn3C2c2cccc(C)c2)cc1. The van der Waals surface area contributed by atoms with Crippen molar-refractivity contribution in [2.45, 2.75) is 39.7 Å². The van der Waals surface area contributed by atoms with Crippen LogP contribution in [0.3, 0.4) is 0 Å². The number of esters is 1. The van der Waals surface area contributed by atoms with Gasteiger partial charge in [0.25, 0.3) is 5.91 Å². The standard InChI is InChI=1S/C26H29N5O4/c1-4-35-25(34)18-10-12-20(13-11-18)28-24(33)22-17(3)27-26-29-21(9-6-14-32)30-31(26)23(22)19-8-5-7-16(2)15-19/h5,7-8,10-13,15,23,32H,4,6,9,14H2,1-3H3,(H,28,33)(H,27,29,30). The van der Waals surface area contributed by atoms with Gasteiger partial charge in [-0.15, -0.1) is 0 Å². The van der Waals surface area contributed by atoms with Crippen LogP contribution in [0.2, 0.25) is 0 Å². The van der Waals surface area contributed by atoms with Gasteiger partial charge < -0.3 is 20.5 Å². The van der Waals surface area contributed by atoms with Crippen molar-refractivity contribution < 1.29 is 19.4 Å². The molecule has 1 aliphatic heterocycles. The molecule has 2 aromatic carbocycles. The zero-order valence-electron chi connectivity index (χ0n) is 20.0. The number of benzene rings is 2. The second kappa shape index (κ2) is 10.5. The number of aliphatic hydroxyl groups excluding tert-OH is 1. The molecule has 0 radical (unpaired) electrons. The Balaban J connectivity index is 1.67. The topological polar surface area (TPSA) is 118 Å². The Bertz CT molecular complexity index is 1260. The lowest BCUT2D eigenvalue weighted by Gasteiger charge is -2.29. The van der Waals surface area contributed by atoms with Crippen LogP contribution in [0, 0.1) is 6.92 Å². The maximum atomic E-state index is 13.6. The lowest BCUT2D eigenvalue weighted by atomic mass is 9.94. The summed E-state index contributed by atoms with van der Waals surface area (Å²) in [6, 6.07) is 14.1. The van der Waals surface area contributed by atoms with Gasteiger partial charge in [-0.2, -0.15) is 10.1 Å². The van der Waals surface area contributed by atoms with Gasteiger partial charge in [-0.3, -0.25) is 4.79 Å². The van der Waals surface area contributed by atoms with Gasteiger partial charge in [-0.25, -0.2) is 9.48 Å². The molecule has 182 valence electrons. The smallest absolute Gasteiger partial charge is 0.338 e. The molecular weight excluding hydrogens is 446 g/mol. The zero-order chi connectivity index (χ0) is 24.9. The number of ether oxygens (including phenoxy) is 1. The second-order valence-electron chi connectivity index (χ2n) is 8.36. The molecule has 1 atom stereocenters. The number of carbonyl (C=O) groups excluding carboxylic acids is 2. The monoisotopic (exact) mass is 475 g/mol. The molecule has 0 aliphatic carbocycles. The van der Waals surface area contributed by atoms with E-state index >= 15 is 0 Å². The Kier molecular flexibility index (Phi) is 7.26. The Morgan fingerprint density at radius 2 is 1.94 bits per heavy atom. The average molecular weight is 476 g/mol. The lowest BCUT2D eigenvalue weighted by Crippen LogP contribution is -2.31. The van der Waals surface area contributed by atoms with Gasteiger partial charge in [-0.05, 0) is 57.0 Å². The van der Waals surface area contributed by atoms with E-state index in [1.165, 1.54) is 0 Å². The second-order valence-corrected chi connectivity index (χ2v) is 8.36. The van der Waals surface area contributed by atoms with E-state index < -0.39 is 12.0 Å². The van der Waals surface area contributed by atoms with E-state index in [0.29, 0.717) is 53.7 Å². The molecule has 35 heavy (non-hydrogen) atoms. The van der Waals surface area contributed by atoms with Gasteiger partial charge in [0.05, 0.1) is 17.7 Å². The largest absolute Gasteiger partial charge is 0.462 e. The van der Waals surface area contributed by atoms with Crippen molar-refractivity contribution in [3.8, 4) is 0 Å². The van der Waals surface area contributed by atoms with Crippen molar-refractivity contribution in [3.63, 3.8) is 0 Å². The highest BCUT2D eigenvalue weighted by molar-refractivity contribution is 6.06. The zero-order valence-corrected chi connectivity index (χ0v) is 20.0. The van der Waals surface area contributed by atoms with Gasteiger partial charge in [0, 0.05) is 24.4 Å². The van der Waals surface area contributed by atoms with Crippen molar-refractivity contribution >= 4 is 23.5 Å². The van der Waals surface area contributed by atoms with Crippen LogP contribution in [0.4, 0.5) is 11.6 Å². The maximum Gasteiger partial charge on any atom is 0.338 e. The summed E-state index contributed by atoms with van der Waals surface area (Å²) in [4.78, 5) is 30.1. The number of aryl methyl sites for hydroxylation is 2. The molecule has 4 rings (SSSR count). The summed E-state index contributed by atoms with van der Waals surface area (Å²) in [6.45, 7) is 5.94. The fraction of sp³-hybridized carbons (Fsp3) is 0.308. The molecular formula is C26H29N5O4. The Labute approximate surface area is 203 Å². The molecule has 0 saturated heterocycles. The van der Waals surface area contributed by atoms with Crippen molar-refractivity contribution in [3.05, 3.63) is 82.3 Å². The van der Waals surface area contributed by atoms with Gasteiger partial charge in [-0.1, -0.05) is 29.8 Å². The third kappa shape index (κ3) is 5.25. The molecule has 1 unspecified atom stereocenters. The van der Waals surface area contributed by atoms with Crippen LogP contribution in [0.25, 0.3) is 0 Å². The molecule has 0 bridgehead atoms. The molecule has 3 aromatic rings. The number of aliphatic hydroxyl groups is 1. The predicted octanol–water partition coefficient (Wildman–Crippen LogP) is 3.62. The summed E-state index contributed by atoms with van der Waals surface area (Å²) in [5.74, 6) is 0.458. The summed E-state index contributed by atoms with van der Waals surface area (Å²) in [6.07, 6.45) is 1.09. The van der Waals surface area contributed by atoms with Crippen LogP contribution in [-0.4, -0.2) is 45.0 Å². The fourth-order valence-corrected chi connectivity index (χ4v) is 4.08. The minimum absolute atomic E-state index is 0.0541. The minimum atomic E-state index is -0.486. The van der Waals surface area contributed by atoms with Crippen molar-refractivity contribution in [2.75, 3.05) is 23.8 Å². The fourth-order valence-electron chi connectivity index (χ4n) is 4.08. The first-order valence-electron chi connectivity index (χ1n) is 11.6. The lowest BCUT2D eigenvalue weighted by molar-refractivity contribution is -0.113. The van der Waals surface area contributed by atoms with E-state index in [-0.39, 0.29) is 12.5 Å². The summed E-state index contributed by atoms with van der Waals surface area (Å²) in [7, 11) is 0. The average Bonchev–Trinajstić information content (AvgIpc) is 3.24. The molecule has 9 nitrogen and oxygen atoms in total. The summed E-state index contributed by atoms with van der Waals surface area (Å²) in [5, 5.41) is 20.0. The first kappa shape index (κ1) is 24.2. The van der Waals surface area contributed by atoms with E-state index in [2.05, 4.69) is 20.7 Å². The summed E-state index contributed by atoms with van der Waals surface area (Å²) >= 11 is 0. The van der Waals surface area contributed by atoms with Crippen molar-refractivity contribution in [1.29, 1.82) is 0 Å². The molecule has 1 aromatic heterocycles. The number of rotatable bonds is 8. The highest BCUT2D eigenvalue weighted by Gasteiger charge is 2.34. The van der Waals surface area contributed by atoms with Gasteiger partial charge >= 0.3 is 5.97 Å². The van der Waals surface area contributed by atoms with E-state index in [9.17, 15) is 14.7 Å². The van der Waals surface area contributed by atoms with Crippen LogP contribution < -0.4 is 10.6 Å². The first-order chi connectivity index (χ1) is 16.9. The minimum Gasteiger partial charge on any atom is -0.462 e. The number of nitrogens with one attached hydrogen (secondary N) is 2. The van der Waals surface area contributed by atoms with Crippen LogP contribution in [0.15, 0.2) is 59.8 Å². The van der Waals surface area contributed by atoms with Gasteiger partial charge in [0.15, 0.2) is 5.82 Å². The Morgan fingerprint density at radius 1 is 1.17 bits per heavy atom. The van der Waals surface area contributed by atoms with E-state index in [4.69, 9.17) is 4.74 Å². The summed E-state index contributed by atoms with van der Waals surface area (Å²) in [5.41, 5.74) is 4.13. The maximum absolute atomic E-state index is 13.6. The quantitative estimate of drug-likeness (QED) is 0.426. The number of anilines is 2. The Morgan fingerprint density at radius 3 is 2.63 bits per heavy atom. The van der Waals surface area contributed by atoms with Crippen molar-refractivity contribution in [1.82, 2.24) is 14.8 Å². The molecule has 0 saturated carbocycles. The van der Waals surface area contributed by atoms with Crippen LogP contribution in [-0.2, 0) is 16.0 Å². The van der Waals surface area contributed by atoms with E-state index in [1.807, 2.05) is 38.1 Å². The third-order valence-corrected chi connectivity index (χ3v) is 5.71. The number of hydrogen-bond donors (Lipinski definition) is 3. The van der Waals surface area contributed by atoms with E-state index in [0.717, 1.165) is 11.1 Å². The first-order valence-corrected chi connectivity index (χ1v) is 11.6. The van der Waals surface area contributed by atoms with Gasteiger partial charge in [0.2, 0.25) is 5.95 Å². The predicted molar refractivity (Wildman–Crippen MR) is 132 cm³/mol. The normalized spacial score (nSPS) is 14.8. The number of aromatic nitrogens is 3. The molecule has 2 heterocycles. The molecule has 0 spiro atoms. The summed E-state index contributed by atoms with van der Waals surface area (Å²) < 4.78 is 6.75. The Hall–Kier alpha value is -3.98.